The quantitative estimate of drug-likeness (QED) is 0.891. The predicted molar refractivity (Wildman–Crippen MR) is 67.0 cm³/mol. The zero-order valence-electron chi connectivity index (χ0n) is 9.30. The lowest BCUT2D eigenvalue weighted by atomic mass is 10.2. The Morgan fingerprint density at radius 1 is 1.24 bits per heavy atom. The van der Waals surface area contributed by atoms with Crippen molar-refractivity contribution in [1.29, 1.82) is 0 Å². The summed E-state index contributed by atoms with van der Waals surface area (Å²) in [6.07, 6.45) is 2.27. The summed E-state index contributed by atoms with van der Waals surface area (Å²) in [5, 5.41) is 7.38. The Morgan fingerprint density at radius 2 is 2.06 bits per heavy atom. The summed E-state index contributed by atoms with van der Waals surface area (Å²) in [7, 11) is 0. The zero-order chi connectivity index (χ0) is 10.8. The van der Waals surface area contributed by atoms with Gasteiger partial charge in [-0.3, -0.25) is 0 Å². The van der Waals surface area contributed by atoms with E-state index in [9.17, 15) is 0 Å². The molecule has 0 radical (unpaired) electrons. The molecule has 2 heterocycles. The first kappa shape index (κ1) is 12.1. The minimum absolute atomic E-state index is 0. The summed E-state index contributed by atoms with van der Waals surface area (Å²) >= 11 is 0. The molecule has 1 aliphatic heterocycles. The predicted octanol–water partition coefficient (Wildman–Crippen LogP) is 2.58. The van der Waals surface area contributed by atoms with E-state index in [1.165, 1.54) is 6.42 Å². The van der Waals surface area contributed by atoms with Gasteiger partial charge in [-0.05, 0) is 31.5 Å². The van der Waals surface area contributed by atoms with Gasteiger partial charge in [-0.1, -0.05) is 23.4 Å². The van der Waals surface area contributed by atoms with Crippen LogP contribution in [0.5, 0.6) is 0 Å². The van der Waals surface area contributed by atoms with Gasteiger partial charge in [0.25, 0.3) is 5.89 Å². The number of hydrogen-bond donors (Lipinski definition) is 1. The molecule has 90 valence electrons. The van der Waals surface area contributed by atoms with Crippen LogP contribution in [0.3, 0.4) is 0 Å². The fraction of sp³-hybridized carbons (Fsp3) is 0.333. The average molecular weight is 252 g/mol. The first-order chi connectivity index (χ1) is 7.93. The molecule has 1 N–H and O–H groups in total. The highest BCUT2D eigenvalue weighted by Crippen LogP contribution is 2.23. The van der Waals surface area contributed by atoms with Gasteiger partial charge in [0.1, 0.15) is 0 Å². The van der Waals surface area contributed by atoms with E-state index in [0.29, 0.717) is 5.89 Å². The van der Waals surface area contributed by atoms with E-state index >= 15 is 0 Å². The lowest BCUT2D eigenvalue weighted by Gasteiger charge is -2.01. The van der Waals surface area contributed by atoms with Crippen LogP contribution in [0.25, 0.3) is 11.5 Å². The molecule has 1 saturated heterocycles. The molecule has 17 heavy (non-hydrogen) atoms. The highest BCUT2D eigenvalue weighted by Gasteiger charge is 2.21. The van der Waals surface area contributed by atoms with Crippen molar-refractivity contribution in [2.75, 3.05) is 6.54 Å². The number of aromatic nitrogens is 2. The van der Waals surface area contributed by atoms with E-state index in [1.54, 1.807) is 0 Å². The Labute approximate surface area is 106 Å². The van der Waals surface area contributed by atoms with Gasteiger partial charge < -0.3 is 9.84 Å². The number of rotatable bonds is 2. The van der Waals surface area contributed by atoms with Crippen molar-refractivity contribution in [3.63, 3.8) is 0 Å². The molecule has 0 spiro atoms. The number of benzene rings is 1. The van der Waals surface area contributed by atoms with Crippen LogP contribution in [-0.2, 0) is 0 Å². The van der Waals surface area contributed by atoms with E-state index in [-0.39, 0.29) is 18.4 Å². The number of hydrogen-bond acceptors (Lipinski definition) is 4. The molecule has 5 heteroatoms. The lowest BCUT2D eigenvalue weighted by Crippen LogP contribution is -2.14. The molecule has 0 bridgehead atoms. The highest BCUT2D eigenvalue weighted by atomic mass is 35.5. The van der Waals surface area contributed by atoms with Crippen LogP contribution in [0.4, 0.5) is 0 Å². The fourth-order valence-corrected chi connectivity index (χ4v) is 1.98. The molecule has 1 aromatic carbocycles. The summed E-state index contributed by atoms with van der Waals surface area (Å²) in [5.41, 5.74) is 0.972. The van der Waals surface area contributed by atoms with Crippen molar-refractivity contribution in [3.8, 4) is 11.5 Å². The van der Waals surface area contributed by atoms with E-state index < -0.39 is 0 Å². The van der Waals surface area contributed by atoms with Gasteiger partial charge in [0.05, 0.1) is 6.04 Å². The third-order valence-corrected chi connectivity index (χ3v) is 2.83. The van der Waals surface area contributed by atoms with Crippen LogP contribution in [-0.4, -0.2) is 16.7 Å². The molecule has 2 aromatic rings. The molecule has 0 saturated carbocycles. The largest absolute Gasteiger partial charge is 0.334 e. The summed E-state index contributed by atoms with van der Waals surface area (Å²) in [6.45, 7) is 1.04. The molecular formula is C12H14ClN3O. The lowest BCUT2D eigenvalue weighted by molar-refractivity contribution is 0.412. The Hall–Kier alpha value is -1.39. The molecular weight excluding hydrogens is 238 g/mol. The maximum atomic E-state index is 5.26. The van der Waals surface area contributed by atoms with Crippen LogP contribution in [0.2, 0.25) is 0 Å². The van der Waals surface area contributed by atoms with Gasteiger partial charge in [-0.25, -0.2) is 0 Å². The van der Waals surface area contributed by atoms with Crippen LogP contribution in [0.1, 0.15) is 24.7 Å². The van der Waals surface area contributed by atoms with E-state index in [1.807, 2.05) is 30.3 Å². The van der Waals surface area contributed by atoms with Gasteiger partial charge in [0.2, 0.25) is 0 Å². The first-order valence-corrected chi connectivity index (χ1v) is 5.56. The maximum absolute atomic E-state index is 5.26. The highest BCUT2D eigenvalue weighted by molar-refractivity contribution is 5.85. The summed E-state index contributed by atoms with van der Waals surface area (Å²) in [5.74, 6) is 1.38. The van der Waals surface area contributed by atoms with Gasteiger partial charge in [0.15, 0.2) is 5.82 Å². The van der Waals surface area contributed by atoms with Crippen LogP contribution in [0.15, 0.2) is 34.9 Å². The second-order valence-corrected chi connectivity index (χ2v) is 3.97. The van der Waals surface area contributed by atoms with Crippen LogP contribution < -0.4 is 5.32 Å². The molecule has 0 aliphatic carbocycles. The van der Waals surface area contributed by atoms with E-state index in [4.69, 9.17) is 4.52 Å². The minimum atomic E-state index is 0. The number of nitrogens with one attached hydrogen (secondary N) is 1. The van der Waals surface area contributed by atoms with Crippen LogP contribution in [0, 0.1) is 0 Å². The van der Waals surface area contributed by atoms with Crippen molar-refractivity contribution in [1.82, 2.24) is 15.5 Å². The minimum Gasteiger partial charge on any atom is -0.334 e. The average Bonchev–Trinajstić information content (AvgIpc) is 3.01. The van der Waals surface area contributed by atoms with Gasteiger partial charge in [0, 0.05) is 5.56 Å². The van der Waals surface area contributed by atoms with Crippen molar-refractivity contribution >= 4 is 12.4 Å². The maximum Gasteiger partial charge on any atom is 0.257 e. The molecule has 4 nitrogen and oxygen atoms in total. The van der Waals surface area contributed by atoms with Crippen molar-refractivity contribution in [2.45, 2.75) is 18.9 Å². The SMILES string of the molecule is Cl.c1ccc(-c2nc([C@@H]3CCCN3)no2)cc1. The second-order valence-electron chi connectivity index (χ2n) is 3.97. The van der Waals surface area contributed by atoms with Crippen molar-refractivity contribution in [3.05, 3.63) is 36.2 Å². The smallest absolute Gasteiger partial charge is 0.257 e. The Morgan fingerprint density at radius 3 is 2.76 bits per heavy atom. The fourth-order valence-electron chi connectivity index (χ4n) is 1.98. The van der Waals surface area contributed by atoms with Crippen LogP contribution >= 0.6 is 12.4 Å². The molecule has 1 atom stereocenters. The molecule has 1 aliphatic rings. The normalized spacial score (nSPS) is 18.9. The molecule has 1 fully saturated rings. The zero-order valence-corrected chi connectivity index (χ0v) is 10.1. The Balaban J connectivity index is 0.00000108. The van der Waals surface area contributed by atoms with Gasteiger partial charge in [-0.15, -0.1) is 12.4 Å². The van der Waals surface area contributed by atoms with Crippen molar-refractivity contribution < 1.29 is 4.52 Å². The Kier molecular flexibility index (Phi) is 3.76. The molecule has 0 unspecified atom stereocenters. The molecule has 0 amide bonds. The second kappa shape index (κ2) is 5.29. The van der Waals surface area contributed by atoms with E-state index in [0.717, 1.165) is 24.4 Å². The summed E-state index contributed by atoms with van der Waals surface area (Å²) < 4.78 is 5.26. The third kappa shape index (κ3) is 2.48. The van der Waals surface area contributed by atoms with E-state index in [2.05, 4.69) is 15.5 Å². The third-order valence-electron chi connectivity index (χ3n) is 2.83. The summed E-state index contributed by atoms with van der Waals surface area (Å²) in [4.78, 5) is 4.42. The first-order valence-electron chi connectivity index (χ1n) is 5.56. The summed E-state index contributed by atoms with van der Waals surface area (Å²) in [6, 6.07) is 10.1. The number of nitrogens with zero attached hydrogens (tertiary/aromatic N) is 2. The molecule has 1 aromatic heterocycles. The Bertz CT molecular complexity index is 466. The van der Waals surface area contributed by atoms with Crippen molar-refractivity contribution in [2.24, 2.45) is 0 Å². The monoisotopic (exact) mass is 251 g/mol. The standard InChI is InChI=1S/C12H13N3O.ClH/c1-2-5-9(6-3-1)12-14-11(15-16-12)10-7-4-8-13-10;/h1-3,5-6,10,13H,4,7-8H2;1H/t10-;/m0./s1. The molecule has 3 rings (SSSR count). The van der Waals surface area contributed by atoms with Gasteiger partial charge in [-0.2, -0.15) is 4.98 Å². The number of halogens is 1. The van der Waals surface area contributed by atoms with Gasteiger partial charge >= 0.3 is 0 Å². The topological polar surface area (TPSA) is 51.0 Å².